The third-order valence-corrected chi connectivity index (χ3v) is 12.5. The predicted octanol–water partition coefficient (Wildman–Crippen LogP) is 10.6. The Kier molecular flexibility index (Phi) is 7.36. The zero-order valence-corrected chi connectivity index (χ0v) is 32.0. The van der Waals surface area contributed by atoms with Crippen molar-refractivity contribution in [2.24, 2.45) is 11.8 Å². The van der Waals surface area contributed by atoms with Gasteiger partial charge in [0.15, 0.2) is 0 Å². The van der Waals surface area contributed by atoms with Crippen LogP contribution < -0.4 is 26.2 Å². The van der Waals surface area contributed by atoms with Crippen molar-refractivity contribution in [3.8, 4) is 0 Å². The summed E-state index contributed by atoms with van der Waals surface area (Å²) in [6.07, 6.45) is 5.51. The Balaban J connectivity index is 1.46. The van der Waals surface area contributed by atoms with Crippen LogP contribution in [-0.2, 0) is 16.2 Å². The molecular weight excluding hydrogens is 591 g/mol. The minimum Gasteiger partial charge on any atom is -0.339 e. The fourth-order valence-corrected chi connectivity index (χ4v) is 9.60. The summed E-state index contributed by atoms with van der Waals surface area (Å²) in [4.78, 5) is 5.49. The summed E-state index contributed by atoms with van der Waals surface area (Å²) in [5.74, 6) is 2.09. The Hall–Kier alpha value is -3.46. The van der Waals surface area contributed by atoms with E-state index in [0.717, 1.165) is 11.8 Å². The Morgan fingerprint density at radius 2 is 1.14 bits per heavy atom. The van der Waals surface area contributed by atoms with Gasteiger partial charge >= 0.3 is 0 Å². The molecule has 3 unspecified atom stereocenters. The SMILES string of the molecule is CC(C)c1cc2c3c(c1)N(C1CC4CCC1C4)c1ccc(C(C)(C)C)cc1B3c1cc(C(C)(C)C)ccc1N2c1ccc(C(C)(C)C)cc1. The first-order valence-corrected chi connectivity index (χ1v) is 19.2. The van der Waals surface area contributed by atoms with E-state index in [4.69, 9.17) is 0 Å². The lowest BCUT2D eigenvalue weighted by Gasteiger charge is -2.48. The first kappa shape index (κ1) is 32.7. The van der Waals surface area contributed by atoms with E-state index in [9.17, 15) is 0 Å². The molecule has 2 nitrogen and oxygen atoms in total. The number of fused-ring (bicyclic) bond motifs is 6. The lowest BCUT2D eigenvalue weighted by atomic mass is 9.33. The third-order valence-electron chi connectivity index (χ3n) is 12.5. The molecule has 0 N–H and O–H groups in total. The molecule has 8 rings (SSSR count). The van der Waals surface area contributed by atoms with Crippen LogP contribution in [0.15, 0.2) is 72.8 Å². The molecule has 0 saturated heterocycles. The molecule has 49 heavy (non-hydrogen) atoms. The van der Waals surface area contributed by atoms with Gasteiger partial charge in [-0.3, -0.25) is 0 Å². The second-order valence-corrected chi connectivity index (χ2v) is 19.4. The molecular formula is C46H57BN2. The maximum Gasteiger partial charge on any atom is 0.252 e. The van der Waals surface area contributed by atoms with Gasteiger partial charge in [-0.2, -0.15) is 0 Å². The van der Waals surface area contributed by atoms with Crippen molar-refractivity contribution in [3.63, 3.8) is 0 Å². The first-order chi connectivity index (χ1) is 23.0. The van der Waals surface area contributed by atoms with E-state index >= 15 is 0 Å². The largest absolute Gasteiger partial charge is 0.339 e. The Morgan fingerprint density at radius 1 is 0.592 bits per heavy atom. The van der Waals surface area contributed by atoms with Crippen molar-refractivity contribution in [1.82, 2.24) is 0 Å². The van der Waals surface area contributed by atoms with Crippen LogP contribution in [0, 0.1) is 11.8 Å². The highest BCUT2D eigenvalue weighted by Gasteiger charge is 2.49. The summed E-state index contributed by atoms with van der Waals surface area (Å²) in [7, 11) is 0. The lowest BCUT2D eigenvalue weighted by Crippen LogP contribution is -2.63. The Morgan fingerprint density at radius 3 is 1.67 bits per heavy atom. The van der Waals surface area contributed by atoms with E-state index in [1.54, 1.807) is 0 Å². The smallest absolute Gasteiger partial charge is 0.252 e. The maximum atomic E-state index is 2.87. The van der Waals surface area contributed by atoms with Crippen molar-refractivity contribution < 1.29 is 0 Å². The Labute approximate surface area is 297 Å². The zero-order chi connectivity index (χ0) is 34.8. The van der Waals surface area contributed by atoms with Crippen LogP contribution in [0.3, 0.4) is 0 Å². The van der Waals surface area contributed by atoms with Gasteiger partial charge in [-0.1, -0.05) is 119 Å². The number of hydrogen-bond acceptors (Lipinski definition) is 2. The van der Waals surface area contributed by atoms with Gasteiger partial charge in [-0.05, 0) is 128 Å². The van der Waals surface area contributed by atoms with Gasteiger partial charge < -0.3 is 9.80 Å². The fourth-order valence-electron chi connectivity index (χ4n) is 9.60. The average molecular weight is 649 g/mol. The van der Waals surface area contributed by atoms with E-state index < -0.39 is 0 Å². The van der Waals surface area contributed by atoms with Crippen molar-refractivity contribution in [2.45, 2.75) is 130 Å². The van der Waals surface area contributed by atoms with Crippen molar-refractivity contribution in [1.29, 1.82) is 0 Å². The first-order valence-electron chi connectivity index (χ1n) is 19.2. The molecule has 3 heteroatoms. The highest BCUT2D eigenvalue weighted by Crippen LogP contribution is 2.52. The van der Waals surface area contributed by atoms with E-state index in [0.29, 0.717) is 12.0 Å². The fraction of sp³-hybridized carbons (Fsp3) is 0.478. The highest BCUT2D eigenvalue weighted by molar-refractivity contribution is 7.00. The van der Waals surface area contributed by atoms with Crippen LogP contribution >= 0.6 is 0 Å². The molecule has 4 aromatic carbocycles. The monoisotopic (exact) mass is 648 g/mol. The van der Waals surface area contributed by atoms with Gasteiger partial charge in [0, 0.05) is 34.5 Å². The van der Waals surface area contributed by atoms with Crippen molar-refractivity contribution >= 4 is 51.5 Å². The van der Waals surface area contributed by atoms with Crippen LogP contribution in [0.5, 0.6) is 0 Å². The standard InChI is InChI=1S/C46H57BN2/c1-28(2)31-24-41-43-42(25-31)49(40-23-29-12-13-30(40)22-29)39-21-17-34(46(9,10)11)27-37(39)47(43)36-26-33(45(6,7)8)16-20-38(36)48(41)35-18-14-32(15-19-35)44(3,4)5/h14-21,24-30,40H,12-13,22-23H2,1-11H3. The van der Waals surface area contributed by atoms with Gasteiger partial charge in [0.05, 0.1) is 0 Å². The van der Waals surface area contributed by atoms with Gasteiger partial charge in [-0.15, -0.1) is 0 Å². The minimum atomic E-state index is 0.0543. The van der Waals surface area contributed by atoms with Crippen LogP contribution in [0.4, 0.5) is 28.4 Å². The van der Waals surface area contributed by atoms with Gasteiger partial charge in [-0.25, -0.2) is 0 Å². The Bertz CT molecular complexity index is 1930. The highest BCUT2D eigenvalue weighted by atomic mass is 15.2. The summed E-state index contributed by atoms with van der Waals surface area (Å²) in [5.41, 5.74) is 17.2. The number of rotatable bonds is 3. The van der Waals surface area contributed by atoms with Gasteiger partial charge in [0.25, 0.3) is 6.71 Å². The normalized spacial score (nSPS) is 21.3. The quantitative estimate of drug-likeness (QED) is 0.180. The molecule has 4 aromatic rings. The van der Waals surface area contributed by atoms with Crippen molar-refractivity contribution in [2.75, 3.05) is 9.80 Å². The number of nitrogens with zero attached hydrogens (tertiary/aromatic N) is 2. The average Bonchev–Trinajstić information content (AvgIpc) is 3.67. The van der Waals surface area contributed by atoms with E-state index in [1.807, 2.05) is 0 Å². The molecule has 2 aliphatic carbocycles. The van der Waals surface area contributed by atoms with Gasteiger partial charge in [0.1, 0.15) is 0 Å². The lowest BCUT2D eigenvalue weighted by molar-refractivity contribution is 0.413. The molecule has 2 heterocycles. The minimum absolute atomic E-state index is 0.0543. The maximum absolute atomic E-state index is 2.87. The van der Waals surface area contributed by atoms with Crippen molar-refractivity contribution in [3.05, 3.63) is 95.1 Å². The number of benzene rings is 4. The summed E-state index contributed by atoms with van der Waals surface area (Å²) in [6, 6.07) is 30.1. The van der Waals surface area contributed by atoms with E-state index in [2.05, 4.69) is 159 Å². The van der Waals surface area contributed by atoms with Crippen LogP contribution in [0.1, 0.15) is 130 Å². The molecule has 4 aliphatic rings. The topological polar surface area (TPSA) is 6.48 Å². The molecule has 2 bridgehead atoms. The summed E-state index contributed by atoms with van der Waals surface area (Å²) >= 11 is 0. The zero-order valence-electron chi connectivity index (χ0n) is 32.0. The third kappa shape index (κ3) is 5.28. The molecule has 0 amide bonds. The molecule has 2 fully saturated rings. The van der Waals surface area contributed by atoms with Crippen LogP contribution in [-0.4, -0.2) is 12.8 Å². The second kappa shape index (κ2) is 11.0. The number of anilines is 5. The molecule has 2 saturated carbocycles. The molecule has 2 aliphatic heterocycles. The van der Waals surface area contributed by atoms with Crippen LogP contribution in [0.25, 0.3) is 0 Å². The second-order valence-electron chi connectivity index (χ2n) is 19.4. The molecule has 3 atom stereocenters. The number of hydrogen-bond donors (Lipinski definition) is 0. The van der Waals surface area contributed by atoms with Crippen LogP contribution in [0.2, 0.25) is 0 Å². The molecule has 0 radical (unpaired) electrons. The van der Waals surface area contributed by atoms with E-state index in [-0.39, 0.29) is 23.0 Å². The summed E-state index contributed by atoms with van der Waals surface area (Å²) < 4.78 is 0. The predicted molar refractivity (Wildman–Crippen MR) is 214 cm³/mol. The molecule has 0 aromatic heterocycles. The summed E-state index contributed by atoms with van der Waals surface area (Å²) in [5, 5.41) is 0. The molecule has 254 valence electrons. The molecule has 0 spiro atoms. The van der Waals surface area contributed by atoms with E-state index in [1.165, 1.54) is 92.8 Å². The van der Waals surface area contributed by atoms with Gasteiger partial charge in [0.2, 0.25) is 0 Å². The summed E-state index contributed by atoms with van der Waals surface area (Å²) in [6.45, 7) is 26.0.